The maximum absolute atomic E-state index is 13.1. The molecule has 12 nitrogen and oxygen atoms in total. The van der Waals surface area contributed by atoms with Crippen molar-refractivity contribution in [2.24, 2.45) is 17.3 Å². The molecule has 1 N–H and O–H groups in total. The van der Waals surface area contributed by atoms with E-state index in [1.807, 2.05) is 0 Å². The average molecular weight is 567 g/mol. The Balaban J connectivity index is 2.06. The Labute approximate surface area is 232 Å². The number of rotatable bonds is 4. The molecule has 0 radical (unpaired) electrons. The van der Waals surface area contributed by atoms with Crippen molar-refractivity contribution in [2.45, 2.75) is 116 Å². The van der Waals surface area contributed by atoms with Crippen LogP contribution in [0.4, 0.5) is 0 Å². The fourth-order valence-corrected chi connectivity index (χ4v) is 7.32. The zero-order valence-corrected chi connectivity index (χ0v) is 24.0. The molecule has 12 heteroatoms. The minimum absolute atomic E-state index is 0.0378. The second kappa shape index (κ2) is 10.1. The summed E-state index contributed by atoms with van der Waals surface area (Å²) < 4.78 is 35.3. The van der Waals surface area contributed by atoms with Crippen LogP contribution in [0.2, 0.25) is 0 Å². The SMILES string of the molecule is CC(=O)O[C@H]1C/C(C)=C\[C@@H]2OC(=O)[C@]3(C)O[C@]23[C@H](OC(C)=O)[C@H]2[C@@H](C)[C@@H](O)C[C@H](OC(C)=O)[C@]2(C)[C@@H]1OC(C)=O. The van der Waals surface area contributed by atoms with Gasteiger partial charge in [-0.1, -0.05) is 19.4 Å². The van der Waals surface area contributed by atoms with Crippen LogP contribution in [0.15, 0.2) is 11.6 Å². The molecule has 4 rings (SSSR count). The van der Waals surface area contributed by atoms with E-state index in [9.17, 15) is 29.1 Å². The molecule has 1 saturated carbocycles. The fraction of sp³-hybridized carbons (Fsp3) is 0.750. The first-order valence-corrected chi connectivity index (χ1v) is 13.4. The van der Waals surface area contributed by atoms with E-state index in [2.05, 4.69) is 0 Å². The number of epoxide rings is 1. The van der Waals surface area contributed by atoms with E-state index in [1.54, 1.807) is 33.8 Å². The Morgan fingerprint density at radius 1 is 0.925 bits per heavy atom. The average Bonchev–Trinajstić information content (AvgIpc) is 3.40. The van der Waals surface area contributed by atoms with E-state index < -0.39 is 94.9 Å². The topological polar surface area (TPSA) is 164 Å². The van der Waals surface area contributed by atoms with Crippen molar-refractivity contribution in [3.8, 4) is 0 Å². The molecule has 11 atom stereocenters. The van der Waals surface area contributed by atoms with E-state index in [4.69, 9.17) is 28.4 Å². The molecule has 0 bridgehead atoms. The zero-order chi connectivity index (χ0) is 29.9. The van der Waals surface area contributed by atoms with Crippen molar-refractivity contribution >= 4 is 29.8 Å². The first-order chi connectivity index (χ1) is 18.5. The van der Waals surface area contributed by atoms with Gasteiger partial charge in [-0.25, -0.2) is 4.79 Å². The van der Waals surface area contributed by atoms with Crippen molar-refractivity contribution in [1.29, 1.82) is 0 Å². The summed E-state index contributed by atoms with van der Waals surface area (Å²) in [7, 11) is 0. The predicted molar refractivity (Wildman–Crippen MR) is 134 cm³/mol. The maximum Gasteiger partial charge on any atom is 0.342 e. The summed E-state index contributed by atoms with van der Waals surface area (Å²) in [6.45, 7) is 11.6. The van der Waals surface area contributed by atoms with Gasteiger partial charge in [0.15, 0.2) is 17.3 Å². The third-order valence-corrected chi connectivity index (χ3v) is 9.03. The Hall–Kier alpha value is -2.99. The number of hydrogen-bond donors (Lipinski definition) is 1. The number of ether oxygens (including phenoxy) is 6. The molecule has 4 aliphatic rings. The van der Waals surface area contributed by atoms with Crippen LogP contribution in [0.5, 0.6) is 0 Å². The van der Waals surface area contributed by atoms with E-state index in [0.29, 0.717) is 5.57 Å². The Morgan fingerprint density at radius 3 is 2.00 bits per heavy atom. The minimum Gasteiger partial charge on any atom is -0.462 e. The van der Waals surface area contributed by atoms with Crippen LogP contribution in [0, 0.1) is 17.3 Å². The lowest BCUT2D eigenvalue weighted by molar-refractivity contribution is -0.245. The molecule has 222 valence electrons. The first-order valence-electron chi connectivity index (χ1n) is 13.4. The molecule has 0 aromatic heterocycles. The minimum atomic E-state index is -1.48. The van der Waals surface area contributed by atoms with Crippen molar-refractivity contribution in [3.05, 3.63) is 11.6 Å². The number of carbonyl (C=O) groups is 5. The molecule has 2 aliphatic heterocycles. The third kappa shape index (κ3) is 4.58. The van der Waals surface area contributed by atoms with Gasteiger partial charge in [-0.05, 0) is 25.8 Å². The fourth-order valence-electron chi connectivity index (χ4n) is 7.32. The smallest absolute Gasteiger partial charge is 0.342 e. The van der Waals surface area contributed by atoms with E-state index >= 15 is 0 Å². The van der Waals surface area contributed by atoms with Crippen LogP contribution in [0.3, 0.4) is 0 Å². The van der Waals surface area contributed by atoms with Crippen LogP contribution < -0.4 is 0 Å². The number of fused-ring (bicyclic) bond motifs is 1. The second-order valence-electron chi connectivity index (χ2n) is 11.8. The lowest BCUT2D eigenvalue weighted by Crippen LogP contribution is -2.68. The van der Waals surface area contributed by atoms with Gasteiger partial charge in [0.1, 0.15) is 24.4 Å². The standard InChI is InChI=1S/C28H38O12/c1-12-9-19(35-14(3)29)23(37-16(5)31)26(7)20(36-15(4)30)11-18(33)13(2)22(26)24(38-17(6)32)28-21(10-12)39-25(34)27(28,8)40-28/h10,13,18-24,33H,9,11H2,1-8H3/b12-10-/t13-,18-,19-,20-,21-,22+,23+,24+,26-,27-,28-/m0/s1. The molecule has 2 aliphatic carbocycles. The second-order valence-corrected chi connectivity index (χ2v) is 11.8. The Morgan fingerprint density at radius 2 is 1.48 bits per heavy atom. The van der Waals surface area contributed by atoms with E-state index in [-0.39, 0.29) is 12.8 Å². The number of hydrogen-bond acceptors (Lipinski definition) is 12. The highest BCUT2D eigenvalue weighted by Crippen LogP contribution is 2.65. The van der Waals surface area contributed by atoms with Gasteiger partial charge in [0.2, 0.25) is 0 Å². The summed E-state index contributed by atoms with van der Waals surface area (Å²) in [5.74, 6) is -4.93. The van der Waals surface area contributed by atoms with Crippen LogP contribution in [-0.4, -0.2) is 82.8 Å². The Kier molecular flexibility index (Phi) is 7.59. The normalized spacial score (nSPS) is 45.2. The lowest BCUT2D eigenvalue weighted by Gasteiger charge is -2.57. The lowest BCUT2D eigenvalue weighted by atomic mass is 9.53. The van der Waals surface area contributed by atoms with Crippen molar-refractivity contribution in [2.75, 3.05) is 0 Å². The van der Waals surface area contributed by atoms with E-state index in [1.165, 1.54) is 27.7 Å². The highest BCUT2D eigenvalue weighted by atomic mass is 16.7. The zero-order valence-electron chi connectivity index (χ0n) is 24.0. The summed E-state index contributed by atoms with van der Waals surface area (Å²) in [5, 5.41) is 11.3. The highest BCUT2D eigenvalue weighted by Gasteiger charge is 2.87. The van der Waals surface area contributed by atoms with E-state index in [0.717, 1.165) is 0 Å². The highest BCUT2D eigenvalue weighted by molar-refractivity contribution is 5.89. The van der Waals surface area contributed by atoms with Gasteiger partial charge in [0.25, 0.3) is 0 Å². The van der Waals surface area contributed by atoms with Crippen LogP contribution in [0.1, 0.15) is 68.2 Å². The summed E-state index contributed by atoms with van der Waals surface area (Å²) in [4.78, 5) is 62.9. The molecule has 1 spiro atoms. The molecule has 0 aromatic rings. The van der Waals surface area contributed by atoms with Gasteiger partial charge in [-0.2, -0.15) is 0 Å². The number of carbonyl (C=O) groups excluding carboxylic acids is 5. The largest absolute Gasteiger partial charge is 0.462 e. The molecule has 2 heterocycles. The summed E-state index contributed by atoms with van der Waals surface area (Å²) in [5.41, 5.74) is -3.76. The molecule has 2 saturated heterocycles. The van der Waals surface area contributed by atoms with Crippen LogP contribution in [0.25, 0.3) is 0 Å². The van der Waals surface area contributed by atoms with Crippen molar-refractivity contribution in [3.63, 3.8) is 0 Å². The van der Waals surface area contributed by atoms with Crippen molar-refractivity contribution < 1.29 is 57.5 Å². The molecule has 3 fully saturated rings. The maximum atomic E-state index is 13.1. The third-order valence-electron chi connectivity index (χ3n) is 9.03. The van der Waals surface area contributed by atoms with Gasteiger partial charge < -0.3 is 33.5 Å². The van der Waals surface area contributed by atoms with Gasteiger partial charge in [0.05, 0.1) is 11.5 Å². The van der Waals surface area contributed by atoms with Crippen molar-refractivity contribution in [1.82, 2.24) is 0 Å². The van der Waals surface area contributed by atoms with Crippen LogP contribution >= 0.6 is 0 Å². The summed E-state index contributed by atoms with van der Waals surface area (Å²) in [6, 6.07) is 0. The molecule has 0 aromatic carbocycles. The Bertz CT molecular complexity index is 1150. The summed E-state index contributed by atoms with van der Waals surface area (Å²) >= 11 is 0. The monoisotopic (exact) mass is 566 g/mol. The molecule has 40 heavy (non-hydrogen) atoms. The first kappa shape index (κ1) is 30.0. The number of aliphatic hydroxyl groups excluding tert-OH is 1. The molecule has 0 amide bonds. The number of aliphatic hydroxyl groups is 1. The number of esters is 5. The quantitative estimate of drug-likeness (QED) is 0.226. The van der Waals surface area contributed by atoms with Gasteiger partial charge >= 0.3 is 29.8 Å². The van der Waals surface area contributed by atoms with Gasteiger partial charge in [-0.3, -0.25) is 19.2 Å². The van der Waals surface area contributed by atoms with Gasteiger partial charge in [-0.15, -0.1) is 0 Å². The molecular weight excluding hydrogens is 528 g/mol. The summed E-state index contributed by atoms with van der Waals surface area (Å²) in [6.07, 6.45) is -4.96. The molecule has 0 unspecified atom stereocenters. The molecular formula is C28H38O12. The predicted octanol–water partition coefficient (Wildman–Crippen LogP) is 1.54. The van der Waals surface area contributed by atoms with Crippen LogP contribution in [-0.2, 0) is 52.4 Å². The van der Waals surface area contributed by atoms with Gasteiger partial charge in [0, 0.05) is 46.5 Å².